The zero-order chi connectivity index (χ0) is 6.69. The molecular formula is C6H13NO2. The van der Waals surface area contributed by atoms with Gasteiger partial charge in [-0.2, -0.15) is 0 Å². The monoisotopic (exact) mass is 131 g/mol. The predicted octanol–water partition coefficient (Wildman–Crippen LogP) is -0.310. The Morgan fingerprint density at radius 2 is 2.22 bits per heavy atom. The fraction of sp³-hybridized carbons (Fsp3) is 1.00. The number of nitrogens with two attached hydrogens (primary N) is 1. The number of aliphatic hydroxyl groups is 1. The summed E-state index contributed by atoms with van der Waals surface area (Å²) in [4.78, 5) is 0. The summed E-state index contributed by atoms with van der Waals surface area (Å²) in [6, 6.07) is 0.386. The molecule has 9 heavy (non-hydrogen) atoms. The smallest absolute Gasteiger partial charge is 0.143 e. The molecule has 3 nitrogen and oxygen atoms in total. The Hall–Kier alpha value is -0.120. The van der Waals surface area contributed by atoms with Crippen molar-refractivity contribution < 1.29 is 9.84 Å². The van der Waals surface area contributed by atoms with E-state index < -0.39 is 0 Å². The van der Waals surface area contributed by atoms with Gasteiger partial charge in [-0.3, -0.25) is 0 Å². The van der Waals surface area contributed by atoms with E-state index in [2.05, 4.69) is 0 Å². The molecule has 1 saturated carbocycles. The normalized spacial score (nSPS) is 34.0. The lowest BCUT2D eigenvalue weighted by Crippen LogP contribution is -2.38. The SMILES string of the molecule is NC1CC(COCO)C1. The van der Waals surface area contributed by atoms with Gasteiger partial charge in [-0.25, -0.2) is 0 Å². The van der Waals surface area contributed by atoms with E-state index in [1.807, 2.05) is 0 Å². The quantitative estimate of drug-likeness (QED) is 0.516. The maximum Gasteiger partial charge on any atom is 0.143 e. The van der Waals surface area contributed by atoms with Crippen LogP contribution in [0.15, 0.2) is 0 Å². The average Bonchev–Trinajstić information content (AvgIpc) is 1.78. The third kappa shape index (κ3) is 1.93. The van der Waals surface area contributed by atoms with Gasteiger partial charge < -0.3 is 15.6 Å². The van der Waals surface area contributed by atoms with Crippen molar-refractivity contribution in [1.82, 2.24) is 0 Å². The maximum absolute atomic E-state index is 8.25. The molecule has 0 heterocycles. The largest absolute Gasteiger partial charge is 0.371 e. The first-order valence-corrected chi connectivity index (χ1v) is 3.27. The summed E-state index contributed by atoms with van der Waals surface area (Å²) >= 11 is 0. The molecule has 0 aromatic heterocycles. The molecule has 0 amide bonds. The van der Waals surface area contributed by atoms with Crippen molar-refractivity contribution in [3.05, 3.63) is 0 Å². The van der Waals surface area contributed by atoms with Gasteiger partial charge in [0.25, 0.3) is 0 Å². The van der Waals surface area contributed by atoms with Crippen LogP contribution < -0.4 is 5.73 Å². The average molecular weight is 131 g/mol. The van der Waals surface area contributed by atoms with Crippen molar-refractivity contribution >= 4 is 0 Å². The fourth-order valence-corrected chi connectivity index (χ4v) is 1.14. The van der Waals surface area contributed by atoms with Crippen molar-refractivity contribution in [2.24, 2.45) is 11.7 Å². The first kappa shape index (κ1) is 6.99. The Labute approximate surface area is 54.8 Å². The molecular weight excluding hydrogens is 118 g/mol. The summed E-state index contributed by atoms with van der Waals surface area (Å²) in [5.41, 5.74) is 5.52. The molecule has 1 rings (SSSR count). The summed E-state index contributed by atoms with van der Waals surface area (Å²) < 4.78 is 4.79. The van der Waals surface area contributed by atoms with E-state index in [9.17, 15) is 0 Å². The molecule has 0 saturated heterocycles. The molecule has 0 unspecified atom stereocenters. The molecule has 0 atom stereocenters. The molecule has 0 aliphatic heterocycles. The van der Waals surface area contributed by atoms with Crippen LogP contribution in [-0.4, -0.2) is 24.5 Å². The van der Waals surface area contributed by atoms with Gasteiger partial charge in [0.1, 0.15) is 6.79 Å². The first-order valence-electron chi connectivity index (χ1n) is 3.27. The molecule has 3 N–H and O–H groups in total. The highest BCUT2D eigenvalue weighted by atomic mass is 16.6. The van der Waals surface area contributed by atoms with Gasteiger partial charge >= 0.3 is 0 Å². The van der Waals surface area contributed by atoms with E-state index >= 15 is 0 Å². The van der Waals surface area contributed by atoms with E-state index in [1.54, 1.807) is 0 Å². The molecule has 1 aliphatic rings. The number of rotatable bonds is 3. The van der Waals surface area contributed by atoms with Gasteiger partial charge in [0.15, 0.2) is 0 Å². The van der Waals surface area contributed by atoms with E-state index in [0.29, 0.717) is 18.6 Å². The standard InChI is InChI=1S/C6H13NO2/c7-6-1-5(2-6)3-9-4-8/h5-6,8H,1-4,7H2. The molecule has 3 heteroatoms. The van der Waals surface area contributed by atoms with Crippen LogP contribution >= 0.6 is 0 Å². The van der Waals surface area contributed by atoms with Crippen LogP contribution in [0.2, 0.25) is 0 Å². The number of aliphatic hydroxyl groups excluding tert-OH is 1. The molecule has 0 spiro atoms. The van der Waals surface area contributed by atoms with E-state index in [-0.39, 0.29) is 6.79 Å². The van der Waals surface area contributed by atoms with Crippen LogP contribution in [0.5, 0.6) is 0 Å². The maximum atomic E-state index is 8.25. The van der Waals surface area contributed by atoms with Crippen LogP contribution in [-0.2, 0) is 4.74 Å². The molecule has 1 fully saturated rings. The van der Waals surface area contributed by atoms with E-state index in [1.165, 1.54) is 0 Å². The summed E-state index contributed by atoms with van der Waals surface area (Å²) in [5, 5.41) is 8.25. The Morgan fingerprint density at radius 3 is 2.67 bits per heavy atom. The van der Waals surface area contributed by atoms with Crippen molar-refractivity contribution in [1.29, 1.82) is 0 Å². The Kier molecular flexibility index (Phi) is 2.45. The minimum atomic E-state index is -0.161. The third-order valence-electron chi connectivity index (χ3n) is 1.72. The molecule has 0 radical (unpaired) electrons. The highest BCUT2D eigenvalue weighted by Gasteiger charge is 2.25. The van der Waals surface area contributed by atoms with E-state index in [4.69, 9.17) is 15.6 Å². The second kappa shape index (κ2) is 3.15. The topological polar surface area (TPSA) is 55.5 Å². The van der Waals surface area contributed by atoms with Gasteiger partial charge in [-0.1, -0.05) is 0 Å². The number of hydrogen-bond donors (Lipinski definition) is 2. The fourth-order valence-electron chi connectivity index (χ4n) is 1.14. The van der Waals surface area contributed by atoms with Crippen molar-refractivity contribution in [2.75, 3.05) is 13.4 Å². The van der Waals surface area contributed by atoms with Crippen LogP contribution in [0, 0.1) is 5.92 Å². The second-order valence-corrected chi connectivity index (χ2v) is 2.60. The summed E-state index contributed by atoms with van der Waals surface area (Å²) in [5.74, 6) is 0.604. The van der Waals surface area contributed by atoms with Crippen LogP contribution in [0.25, 0.3) is 0 Å². The molecule has 54 valence electrons. The zero-order valence-electron chi connectivity index (χ0n) is 5.42. The molecule has 0 aromatic rings. The Morgan fingerprint density at radius 1 is 1.56 bits per heavy atom. The minimum absolute atomic E-state index is 0.161. The van der Waals surface area contributed by atoms with Crippen molar-refractivity contribution in [3.63, 3.8) is 0 Å². The Balaban J connectivity index is 1.91. The molecule has 0 bridgehead atoms. The lowest BCUT2D eigenvalue weighted by Gasteiger charge is -2.31. The van der Waals surface area contributed by atoms with Gasteiger partial charge in [0.05, 0.1) is 6.61 Å². The number of ether oxygens (including phenoxy) is 1. The van der Waals surface area contributed by atoms with Crippen LogP contribution in [0.1, 0.15) is 12.8 Å². The number of hydrogen-bond acceptors (Lipinski definition) is 3. The minimum Gasteiger partial charge on any atom is -0.371 e. The van der Waals surface area contributed by atoms with Crippen molar-refractivity contribution in [3.8, 4) is 0 Å². The first-order chi connectivity index (χ1) is 4.33. The lowest BCUT2D eigenvalue weighted by atomic mass is 9.82. The van der Waals surface area contributed by atoms with Gasteiger partial charge in [-0.05, 0) is 18.8 Å². The summed E-state index contributed by atoms with van der Waals surface area (Å²) in [6.45, 7) is 0.510. The predicted molar refractivity (Wildman–Crippen MR) is 33.7 cm³/mol. The third-order valence-corrected chi connectivity index (χ3v) is 1.72. The highest BCUT2D eigenvalue weighted by molar-refractivity contribution is 4.81. The highest BCUT2D eigenvalue weighted by Crippen LogP contribution is 2.25. The summed E-state index contributed by atoms with van der Waals surface area (Å²) in [7, 11) is 0. The van der Waals surface area contributed by atoms with E-state index in [0.717, 1.165) is 12.8 Å². The Bertz CT molecular complexity index is 81.1. The zero-order valence-corrected chi connectivity index (χ0v) is 5.42. The molecule has 1 aliphatic carbocycles. The van der Waals surface area contributed by atoms with Crippen LogP contribution in [0.4, 0.5) is 0 Å². The van der Waals surface area contributed by atoms with Crippen molar-refractivity contribution in [2.45, 2.75) is 18.9 Å². The summed E-state index contributed by atoms with van der Waals surface area (Å²) in [6.07, 6.45) is 2.11. The second-order valence-electron chi connectivity index (χ2n) is 2.60. The van der Waals surface area contributed by atoms with Gasteiger partial charge in [0, 0.05) is 6.04 Å². The van der Waals surface area contributed by atoms with Gasteiger partial charge in [0.2, 0.25) is 0 Å². The lowest BCUT2D eigenvalue weighted by molar-refractivity contribution is -0.0320. The van der Waals surface area contributed by atoms with Crippen LogP contribution in [0.3, 0.4) is 0 Å². The van der Waals surface area contributed by atoms with Gasteiger partial charge in [-0.15, -0.1) is 0 Å². The molecule has 0 aromatic carbocycles.